The quantitative estimate of drug-likeness (QED) is 0.736. The van der Waals surface area contributed by atoms with Crippen LogP contribution in [-0.4, -0.2) is 23.8 Å². The molecular weight excluding hydrogens is 184 g/mol. The molecule has 4 nitrogen and oxygen atoms in total. The maximum absolute atomic E-state index is 10.8. The number of ether oxygens (including phenoxy) is 2. The molecule has 1 atom stereocenters. The predicted molar refractivity (Wildman–Crippen MR) is 49.0 cm³/mol. The molecule has 1 aliphatic rings. The summed E-state index contributed by atoms with van der Waals surface area (Å²) in [6.45, 7) is 2.29. The van der Waals surface area contributed by atoms with Gasteiger partial charge in [-0.1, -0.05) is 6.07 Å². The van der Waals surface area contributed by atoms with Gasteiger partial charge in [0.1, 0.15) is 18.3 Å². The minimum absolute atomic E-state index is 0.108. The molecule has 4 heteroatoms. The highest BCUT2D eigenvalue weighted by molar-refractivity contribution is 5.92. The van der Waals surface area contributed by atoms with Gasteiger partial charge in [0.15, 0.2) is 11.5 Å². The number of hydrogen-bond donors (Lipinski definition) is 1. The smallest absolute Gasteiger partial charge is 0.339 e. The Kier molecular flexibility index (Phi) is 2.04. The molecule has 1 aliphatic heterocycles. The fourth-order valence-corrected chi connectivity index (χ4v) is 1.36. The monoisotopic (exact) mass is 194 g/mol. The maximum atomic E-state index is 10.8. The van der Waals surface area contributed by atoms with E-state index in [2.05, 4.69) is 0 Å². The van der Waals surface area contributed by atoms with Gasteiger partial charge in [-0.05, 0) is 19.1 Å². The number of benzene rings is 1. The van der Waals surface area contributed by atoms with Gasteiger partial charge in [-0.2, -0.15) is 0 Å². The van der Waals surface area contributed by atoms with E-state index in [1.54, 1.807) is 12.1 Å². The van der Waals surface area contributed by atoms with Crippen LogP contribution >= 0.6 is 0 Å². The van der Waals surface area contributed by atoms with Crippen molar-refractivity contribution >= 4 is 5.97 Å². The van der Waals surface area contributed by atoms with E-state index in [1.807, 2.05) is 6.92 Å². The molecule has 0 aliphatic carbocycles. The van der Waals surface area contributed by atoms with Crippen molar-refractivity contribution in [1.29, 1.82) is 0 Å². The topological polar surface area (TPSA) is 55.8 Å². The van der Waals surface area contributed by atoms with Gasteiger partial charge in [0.05, 0.1) is 0 Å². The van der Waals surface area contributed by atoms with Gasteiger partial charge in [0, 0.05) is 0 Å². The molecule has 74 valence electrons. The second kappa shape index (κ2) is 3.21. The predicted octanol–water partition coefficient (Wildman–Crippen LogP) is 1.54. The third kappa shape index (κ3) is 1.39. The van der Waals surface area contributed by atoms with E-state index in [0.717, 1.165) is 0 Å². The second-order valence-electron chi connectivity index (χ2n) is 3.18. The van der Waals surface area contributed by atoms with Crippen LogP contribution in [0.5, 0.6) is 11.5 Å². The molecule has 0 aromatic heterocycles. The van der Waals surface area contributed by atoms with Gasteiger partial charge < -0.3 is 14.6 Å². The maximum Gasteiger partial charge on any atom is 0.339 e. The lowest BCUT2D eigenvalue weighted by molar-refractivity contribution is 0.0668. The van der Waals surface area contributed by atoms with Crippen LogP contribution in [0.2, 0.25) is 0 Å². The third-order valence-electron chi connectivity index (χ3n) is 2.00. The fourth-order valence-electron chi connectivity index (χ4n) is 1.36. The standard InChI is InChI=1S/C10H10O4/c1-6-5-13-8-4-2-3-7(10(11)12)9(8)14-6/h2-4,6H,5H2,1H3,(H,11,12). The van der Waals surface area contributed by atoms with Crippen LogP contribution < -0.4 is 9.47 Å². The molecule has 1 aromatic carbocycles. The Labute approximate surface area is 81.1 Å². The SMILES string of the molecule is CC1COc2cccc(C(=O)O)c2O1. The molecule has 1 heterocycles. The Morgan fingerprint density at radius 2 is 2.36 bits per heavy atom. The molecule has 0 radical (unpaired) electrons. The molecule has 0 amide bonds. The van der Waals surface area contributed by atoms with Crippen LogP contribution in [0.15, 0.2) is 18.2 Å². The number of carbonyl (C=O) groups is 1. The Bertz CT molecular complexity index is 372. The summed E-state index contributed by atoms with van der Waals surface area (Å²) in [7, 11) is 0. The number of hydrogen-bond acceptors (Lipinski definition) is 3. The van der Waals surface area contributed by atoms with Crippen LogP contribution in [0.1, 0.15) is 17.3 Å². The Hall–Kier alpha value is -1.71. The van der Waals surface area contributed by atoms with Gasteiger partial charge in [-0.15, -0.1) is 0 Å². The molecule has 0 spiro atoms. The lowest BCUT2D eigenvalue weighted by Gasteiger charge is -2.24. The van der Waals surface area contributed by atoms with Gasteiger partial charge in [0.25, 0.3) is 0 Å². The molecule has 0 saturated heterocycles. The summed E-state index contributed by atoms with van der Waals surface area (Å²) >= 11 is 0. The summed E-state index contributed by atoms with van der Waals surface area (Å²) in [5, 5.41) is 8.89. The van der Waals surface area contributed by atoms with E-state index in [1.165, 1.54) is 6.07 Å². The zero-order chi connectivity index (χ0) is 10.1. The fraction of sp³-hybridized carbons (Fsp3) is 0.300. The second-order valence-corrected chi connectivity index (χ2v) is 3.18. The van der Waals surface area contributed by atoms with Crippen LogP contribution in [0, 0.1) is 0 Å². The number of rotatable bonds is 1. The average molecular weight is 194 g/mol. The summed E-state index contributed by atoms with van der Waals surface area (Å²) in [5.74, 6) is -0.165. The van der Waals surface area contributed by atoms with Crippen molar-refractivity contribution in [1.82, 2.24) is 0 Å². The zero-order valence-corrected chi connectivity index (χ0v) is 7.69. The number of aromatic carboxylic acids is 1. The van der Waals surface area contributed by atoms with E-state index in [0.29, 0.717) is 18.1 Å². The number of para-hydroxylation sites is 1. The number of carboxylic acid groups (broad SMARTS) is 1. The van der Waals surface area contributed by atoms with Crippen molar-refractivity contribution in [3.05, 3.63) is 23.8 Å². The minimum atomic E-state index is -1.00. The first kappa shape index (κ1) is 8.87. The average Bonchev–Trinajstić information content (AvgIpc) is 2.16. The highest BCUT2D eigenvalue weighted by Crippen LogP contribution is 2.34. The first-order chi connectivity index (χ1) is 6.68. The van der Waals surface area contributed by atoms with Gasteiger partial charge in [-0.25, -0.2) is 4.79 Å². The third-order valence-corrected chi connectivity index (χ3v) is 2.00. The van der Waals surface area contributed by atoms with Crippen molar-refractivity contribution in [2.24, 2.45) is 0 Å². The van der Waals surface area contributed by atoms with Crippen LogP contribution in [0.25, 0.3) is 0 Å². The summed E-state index contributed by atoms with van der Waals surface area (Å²) in [4.78, 5) is 10.8. The molecule has 0 bridgehead atoms. The normalized spacial score (nSPS) is 19.1. The lowest BCUT2D eigenvalue weighted by Crippen LogP contribution is -2.26. The molecule has 14 heavy (non-hydrogen) atoms. The van der Waals surface area contributed by atoms with Gasteiger partial charge >= 0.3 is 5.97 Å². The Morgan fingerprint density at radius 1 is 1.57 bits per heavy atom. The molecule has 0 fully saturated rings. The van der Waals surface area contributed by atoms with Crippen molar-refractivity contribution in [2.45, 2.75) is 13.0 Å². The molecule has 1 aromatic rings. The van der Waals surface area contributed by atoms with Crippen LogP contribution in [0.4, 0.5) is 0 Å². The first-order valence-corrected chi connectivity index (χ1v) is 4.34. The van der Waals surface area contributed by atoms with E-state index >= 15 is 0 Å². The summed E-state index contributed by atoms with van der Waals surface area (Å²) in [6.07, 6.45) is -0.108. The zero-order valence-electron chi connectivity index (χ0n) is 7.69. The molecule has 1 unspecified atom stereocenters. The number of fused-ring (bicyclic) bond motifs is 1. The summed E-state index contributed by atoms with van der Waals surface area (Å²) in [5.41, 5.74) is 0.147. The minimum Gasteiger partial charge on any atom is -0.486 e. The molecule has 0 saturated carbocycles. The molecule has 1 N–H and O–H groups in total. The molecular formula is C10H10O4. The van der Waals surface area contributed by atoms with Crippen molar-refractivity contribution in [3.63, 3.8) is 0 Å². The van der Waals surface area contributed by atoms with Gasteiger partial charge in [0.2, 0.25) is 0 Å². The van der Waals surface area contributed by atoms with Gasteiger partial charge in [-0.3, -0.25) is 0 Å². The largest absolute Gasteiger partial charge is 0.486 e. The number of carboxylic acids is 1. The van der Waals surface area contributed by atoms with E-state index in [9.17, 15) is 4.79 Å². The van der Waals surface area contributed by atoms with E-state index < -0.39 is 5.97 Å². The Morgan fingerprint density at radius 3 is 3.07 bits per heavy atom. The Balaban J connectivity index is 2.48. The van der Waals surface area contributed by atoms with Crippen LogP contribution in [0.3, 0.4) is 0 Å². The van der Waals surface area contributed by atoms with Crippen molar-refractivity contribution in [2.75, 3.05) is 6.61 Å². The van der Waals surface area contributed by atoms with Crippen LogP contribution in [-0.2, 0) is 0 Å². The first-order valence-electron chi connectivity index (χ1n) is 4.34. The summed E-state index contributed by atoms with van der Waals surface area (Å²) in [6, 6.07) is 4.85. The highest BCUT2D eigenvalue weighted by atomic mass is 16.6. The van der Waals surface area contributed by atoms with Crippen molar-refractivity contribution < 1.29 is 19.4 Å². The summed E-state index contributed by atoms with van der Waals surface area (Å²) < 4.78 is 10.8. The van der Waals surface area contributed by atoms with E-state index in [4.69, 9.17) is 14.6 Å². The lowest BCUT2D eigenvalue weighted by atomic mass is 10.1. The van der Waals surface area contributed by atoms with Crippen molar-refractivity contribution in [3.8, 4) is 11.5 Å². The highest BCUT2D eigenvalue weighted by Gasteiger charge is 2.23. The van der Waals surface area contributed by atoms with E-state index in [-0.39, 0.29) is 11.7 Å². The molecule has 2 rings (SSSR count).